The fourth-order valence-corrected chi connectivity index (χ4v) is 4.51. The minimum absolute atomic E-state index is 0.0366. The fourth-order valence-electron chi connectivity index (χ4n) is 4.51. The van der Waals surface area contributed by atoms with Gasteiger partial charge in [0.05, 0.1) is 5.56 Å². The SMILES string of the molecule is CCCCCc1ccc2cc(-c3cc(F)c(C#Cc4cc(F)c(C(F)(F)F)c(F)c4)c(CC)c3)ccc2c1. The van der Waals surface area contributed by atoms with Gasteiger partial charge in [-0.25, -0.2) is 13.2 Å². The minimum Gasteiger partial charge on any atom is -0.206 e. The van der Waals surface area contributed by atoms with Gasteiger partial charge < -0.3 is 0 Å². The zero-order valence-electron chi connectivity index (χ0n) is 21.1. The lowest BCUT2D eigenvalue weighted by molar-refractivity contribution is -0.142. The van der Waals surface area contributed by atoms with Crippen molar-refractivity contribution in [1.82, 2.24) is 0 Å². The average Bonchev–Trinajstić information content (AvgIpc) is 2.86. The summed E-state index contributed by atoms with van der Waals surface area (Å²) in [6.45, 7) is 4.00. The van der Waals surface area contributed by atoms with Crippen LogP contribution in [0.15, 0.2) is 60.7 Å². The molecule has 196 valence electrons. The summed E-state index contributed by atoms with van der Waals surface area (Å²) in [6.07, 6.45) is -0.192. The summed E-state index contributed by atoms with van der Waals surface area (Å²) in [5.74, 6) is 0.812. The molecule has 0 amide bonds. The van der Waals surface area contributed by atoms with Crippen molar-refractivity contribution < 1.29 is 26.3 Å². The smallest absolute Gasteiger partial charge is 0.206 e. The molecule has 4 aromatic carbocycles. The van der Waals surface area contributed by atoms with Gasteiger partial charge in [0, 0.05) is 5.56 Å². The lowest BCUT2D eigenvalue weighted by atomic mass is 9.95. The van der Waals surface area contributed by atoms with Crippen LogP contribution >= 0.6 is 0 Å². The summed E-state index contributed by atoms with van der Waals surface area (Å²) in [4.78, 5) is 0. The van der Waals surface area contributed by atoms with Crippen LogP contribution in [0.2, 0.25) is 0 Å². The Kier molecular flexibility index (Phi) is 8.16. The summed E-state index contributed by atoms with van der Waals surface area (Å²) < 4.78 is 81.4. The van der Waals surface area contributed by atoms with E-state index in [-0.39, 0.29) is 11.1 Å². The standard InChI is InChI=1S/C32H26F6/c1-3-5-6-7-20-8-10-24-18-25(12-11-23(24)14-20)26-17-22(4-2)27(28(33)19-26)13-9-21-15-29(34)31(30(35)16-21)32(36,37)38/h8,10-12,14-19H,3-7H2,1-2H3. The molecule has 0 aliphatic heterocycles. The van der Waals surface area contributed by atoms with Crippen molar-refractivity contribution in [2.45, 2.75) is 52.1 Å². The molecule has 0 N–H and O–H groups in total. The van der Waals surface area contributed by atoms with Crippen molar-refractivity contribution in [3.8, 4) is 23.0 Å². The number of unbranched alkanes of at least 4 members (excludes halogenated alkanes) is 2. The highest BCUT2D eigenvalue weighted by molar-refractivity contribution is 5.88. The highest BCUT2D eigenvalue weighted by Gasteiger charge is 2.37. The number of aryl methyl sites for hydroxylation is 2. The molecule has 0 saturated heterocycles. The molecular weight excluding hydrogens is 498 g/mol. The Labute approximate surface area is 218 Å². The number of hydrogen-bond acceptors (Lipinski definition) is 0. The summed E-state index contributed by atoms with van der Waals surface area (Å²) in [6, 6.07) is 16.5. The van der Waals surface area contributed by atoms with E-state index in [0.717, 1.165) is 29.2 Å². The third-order valence-electron chi connectivity index (χ3n) is 6.52. The maximum absolute atomic E-state index is 15.2. The molecule has 0 aromatic heterocycles. The third kappa shape index (κ3) is 6.05. The van der Waals surface area contributed by atoms with Gasteiger partial charge >= 0.3 is 6.18 Å². The molecule has 0 aliphatic rings. The van der Waals surface area contributed by atoms with E-state index in [1.54, 1.807) is 6.07 Å². The van der Waals surface area contributed by atoms with E-state index < -0.39 is 29.2 Å². The van der Waals surface area contributed by atoms with E-state index in [9.17, 15) is 22.0 Å². The number of hydrogen-bond donors (Lipinski definition) is 0. The number of alkyl halides is 3. The largest absolute Gasteiger partial charge is 0.422 e. The Bertz CT molecular complexity index is 1510. The zero-order chi connectivity index (χ0) is 27.4. The molecule has 4 aromatic rings. The highest BCUT2D eigenvalue weighted by Crippen LogP contribution is 2.34. The monoisotopic (exact) mass is 524 g/mol. The van der Waals surface area contributed by atoms with Gasteiger partial charge in [-0.1, -0.05) is 68.9 Å². The van der Waals surface area contributed by atoms with Gasteiger partial charge in [-0.15, -0.1) is 0 Å². The quantitative estimate of drug-likeness (QED) is 0.134. The first-order valence-electron chi connectivity index (χ1n) is 12.5. The highest BCUT2D eigenvalue weighted by atomic mass is 19.4. The molecule has 0 radical (unpaired) electrons. The van der Waals surface area contributed by atoms with Gasteiger partial charge in [0.1, 0.15) is 23.0 Å². The van der Waals surface area contributed by atoms with Crippen LogP contribution in [0.1, 0.15) is 60.9 Å². The van der Waals surface area contributed by atoms with Crippen LogP contribution in [0.4, 0.5) is 26.3 Å². The molecule has 0 nitrogen and oxygen atoms in total. The molecule has 0 atom stereocenters. The van der Waals surface area contributed by atoms with Crippen LogP contribution in [0, 0.1) is 29.3 Å². The molecular formula is C32H26F6. The first-order chi connectivity index (χ1) is 18.1. The van der Waals surface area contributed by atoms with E-state index in [0.29, 0.717) is 29.7 Å². The van der Waals surface area contributed by atoms with Crippen molar-refractivity contribution >= 4 is 10.8 Å². The van der Waals surface area contributed by atoms with Gasteiger partial charge in [-0.2, -0.15) is 13.2 Å². The van der Waals surface area contributed by atoms with Crippen molar-refractivity contribution in [2.24, 2.45) is 0 Å². The molecule has 0 heterocycles. The average molecular weight is 525 g/mol. The molecule has 4 rings (SSSR count). The van der Waals surface area contributed by atoms with Crippen molar-refractivity contribution in [2.75, 3.05) is 0 Å². The molecule has 0 bridgehead atoms. The zero-order valence-corrected chi connectivity index (χ0v) is 21.1. The molecule has 0 saturated carbocycles. The number of halogens is 6. The van der Waals surface area contributed by atoms with Gasteiger partial charge in [0.15, 0.2) is 0 Å². The second-order valence-corrected chi connectivity index (χ2v) is 9.26. The normalized spacial score (nSPS) is 11.5. The Balaban J connectivity index is 1.65. The predicted octanol–water partition coefficient (Wildman–Crippen LogP) is 9.64. The molecule has 0 fully saturated rings. The minimum atomic E-state index is -5.17. The second-order valence-electron chi connectivity index (χ2n) is 9.26. The Hall–Kier alpha value is -3.72. The lowest BCUT2D eigenvalue weighted by Gasteiger charge is -2.11. The van der Waals surface area contributed by atoms with E-state index in [4.69, 9.17) is 0 Å². The molecule has 6 heteroatoms. The van der Waals surface area contributed by atoms with Gasteiger partial charge in [0.25, 0.3) is 0 Å². The third-order valence-corrected chi connectivity index (χ3v) is 6.52. The number of benzene rings is 4. The molecule has 0 unspecified atom stereocenters. The maximum atomic E-state index is 15.2. The summed E-state index contributed by atoms with van der Waals surface area (Å²) in [5.41, 5.74) is 1.09. The van der Waals surface area contributed by atoms with E-state index >= 15 is 4.39 Å². The summed E-state index contributed by atoms with van der Waals surface area (Å²) in [7, 11) is 0. The maximum Gasteiger partial charge on any atom is 0.422 e. The number of rotatable bonds is 6. The van der Waals surface area contributed by atoms with Crippen molar-refractivity contribution in [3.05, 3.63) is 106 Å². The van der Waals surface area contributed by atoms with Crippen molar-refractivity contribution in [3.63, 3.8) is 0 Å². The molecule has 0 aliphatic carbocycles. The Morgan fingerprint density at radius 2 is 1.37 bits per heavy atom. The number of fused-ring (bicyclic) bond motifs is 1. The fraction of sp³-hybridized carbons (Fsp3) is 0.250. The Morgan fingerprint density at radius 1 is 0.684 bits per heavy atom. The van der Waals surface area contributed by atoms with Gasteiger partial charge in [-0.05, 0) is 82.6 Å². The van der Waals surface area contributed by atoms with E-state index in [2.05, 4.69) is 37.0 Å². The lowest BCUT2D eigenvalue weighted by Crippen LogP contribution is -2.11. The van der Waals surface area contributed by atoms with Crippen LogP contribution in [-0.4, -0.2) is 0 Å². The molecule has 0 spiro atoms. The predicted molar refractivity (Wildman–Crippen MR) is 139 cm³/mol. The van der Waals surface area contributed by atoms with Crippen LogP contribution < -0.4 is 0 Å². The van der Waals surface area contributed by atoms with Crippen LogP contribution in [0.25, 0.3) is 21.9 Å². The first kappa shape index (κ1) is 27.3. The second kappa shape index (κ2) is 11.3. The van der Waals surface area contributed by atoms with Crippen LogP contribution in [-0.2, 0) is 19.0 Å². The topological polar surface area (TPSA) is 0 Å². The molecule has 38 heavy (non-hydrogen) atoms. The Morgan fingerprint density at radius 3 is 2.03 bits per heavy atom. The van der Waals surface area contributed by atoms with Crippen molar-refractivity contribution in [1.29, 1.82) is 0 Å². The van der Waals surface area contributed by atoms with Crippen LogP contribution in [0.5, 0.6) is 0 Å². The van der Waals surface area contributed by atoms with E-state index in [1.165, 1.54) is 24.5 Å². The summed E-state index contributed by atoms with van der Waals surface area (Å²) in [5, 5.41) is 2.15. The van der Waals surface area contributed by atoms with Crippen LogP contribution in [0.3, 0.4) is 0 Å². The first-order valence-corrected chi connectivity index (χ1v) is 12.5. The summed E-state index contributed by atoms with van der Waals surface area (Å²) >= 11 is 0. The van der Waals surface area contributed by atoms with Gasteiger partial charge in [0.2, 0.25) is 0 Å². The van der Waals surface area contributed by atoms with Gasteiger partial charge in [-0.3, -0.25) is 0 Å². The van der Waals surface area contributed by atoms with E-state index in [1.807, 2.05) is 25.1 Å².